The van der Waals surface area contributed by atoms with Crippen LogP contribution in [-0.2, 0) is 10.8 Å². The predicted octanol–water partition coefficient (Wildman–Crippen LogP) is 7.80. The molecular weight excluding hydrogens is 376 g/mol. The van der Waals surface area contributed by atoms with E-state index < -0.39 is 0 Å². The van der Waals surface area contributed by atoms with E-state index in [1.807, 2.05) is 6.07 Å². The van der Waals surface area contributed by atoms with Crippen LogP contribution in [0.5, 0.6) is 0 Å². The van der Waals surface area contributed by atoms with Crippen LogP contribution in [0.4, 0.5) is 0 Å². The molecule has 0 aliphatic carbocycles. The summed E-state index contributed by atoms with van der Waals surface area (Å²) in [7, 11) is 0. The van der Waals surface area contributed by atoms with Crippen molar-refractivity contribution in [3.05, 3.63) is 96.1 Å². The normalized spacial score (nSPS) is 12.2. The van der Waals surface area contributed by atoms with Crippen LogP contribution in [0.3, 0.4) is 0 Å². The largest absolute Gasteiger partial charge is 0.232 e. The van der Waals surface area contributed by atoms with E-state index in [9.17, 15) is 0 Å². The van der Waals surface area contributed by atoms with Crippen LogP contribution < -0.4 is 0 Å². The Labute approximate surface area is 186 Å². The van der Waals surface area contributed by atoms with Gasteiger partial charge in [-0.05, 0) is 40.2 Å². The maximum atomic E-state index is 5.01. The van der Waals surface area contributed by atoms with Crippen molar-refractivity contribution in [3.63, 3.8) is 0 Å². The molecule has 0 atom stereocenters. The van der Waals surface area contributed by atoms with Gasteiger partial charge in [0, 0.05) is 11.1 Å². The topological polar surface area (TPSA) is 17.8 Å². The number of hydrogen-bond donors (Lipinski definition) is 0. The first kappa shape index (κ1) is 21.1. The first-order valence-electron chi connectivity index (χ1n) is 11.0. The highest BCUT2D eigenvalue weighted by Crippen LogP contribution is 2.31. The highest BCUT2D eigenvalue weighted by atomic mass is 15.3. The Morgan fingerprint density at radius 3 is 1.61 bits per heavy atom. The lowest BCUT2D eigenvalue weighted by atomic mass is 9.86. The molecule has 0 fully saturated rings. The molecule has 2 heteroatoms. The molecule has 0 spiro atoms. The number of nitrogens with zero attached hydrogens (tertiary/aromatic N) is 2. The van der Waals surface area contributed by atoms with Crippen molar-refractivity contribution in [1.82, 2.24) is 9.78 Å². The van der Waals surface area contributed by atoms with Gasteiger partial charge < -0.3 is 0 Å². The SMILES string of the molecule is CC(C)(C)c1ccc(-c2cc(-c3ccccc3)nn2-c2ccc(C(C)(C)C)cc2)cc1. The summed E-state index contributed by atoms with van der Waals surface area (Å²) in [5.41, 5.74) is 8.37. The van der Waals surface area contributed by atoms with Crippen LogP contribution in [0.15, 0.2) is 84.9 Å². The lowest BCUT2D eigenvalue weighted by Gasteiger charge is -2.20. The molecule has 2 nitrogen and oxygen atoms in total. The molecule has 1 heterocycles. The van der Waals surface area contributed by atoms with Gasteiger partial charge in [0.05, 0.1) is 17.1 Å². The molecule has 158 valence electrons. The standard InChI is InChI=1S/C29H32N2/c1-28(2,3)23-14-12-22(13-15-23)27-20-26(21-10-8-7-9-11-21)30-31(27)25-18-16-24(17-19-25)29(4,5)6/h7-20H,1-6H3. The van der Waals surface area contributed by atoms with Crippen molar-refractivity contribution in [2.24, 2.45) is 0 Å². The van der Waals surface area contributed by atoms with Crippen LogP contribution >= 0.6 is 0 Å². The first-order valence-corrected chi connectivity index (χ1v) is 11.0. The van der Waals surface area contributed by atoms with Gasteiger partial charge in [0.2, 0.25) is 0 Å². The zero-order valence-corrected chi connectivity index (χ0v) is 19.5. The molecular formula is C29H32N2. The van der Waals surface area contributed by atoms with Crippen LogP contribution in [0, 0.1) is 0 Å². The molecule has 0 amide bonds. The van der Waals surface area contributed by atoms with Gasteiger partial charge in [0.25, 0.3) is 0 Å². The third-order valence-electron chi connectivity index (χ3n) is 5.80. The van der Waals surface area contributed by atoms with Gasteiger partial charge in [-0.1, -0.05) is 108 Å². The Kier molecular flexibility index (Phi) is 5.35. The Bertz CT molecular complexity index is 1080. The molecule has 0 saturated heterocycles. The summed E-state index contributed by atoms with van der Waals surface area (Å²) in [6, 6.07) is 30.3. The Morgan fingerprint density at radius 1 is 0.581 bits per heavy atom. The van der Waals surface area contributed by atoms with E-state index >= 15 is 0 Å². The van der Waals surface area contributed by atoms with E-state index in [0.717, 1.165) is 22.6 Å². The van der Waals surface area contributed by atoms with Gasteiger partial charge in [-0.3, -0.25) is 0 Å². The molecule has 3 aromatic carbocycles. The lowest BCUT2D eigenvalue weighted by Crippen LogP contribution is -2.11. The molecule has 31 heavy (non-hydrogen) atoms. The molecule has 0 aliphatic rings. The molecule has 0 radical (unpaired) electrons. The number of hydrogen-bond acceptors (Lipinski definition) is 1. The lowest BCUT2D eigenvalue weighted by molar-refractivity contribution is 0.589. The predicted molar refractivity (Wildman–Crippen MR) is 132 cm³/mol. The number of aromatic nitrogens is 2. The van der Waals surface area contributed by atoms with Gasteiger partial charge in [0.1, 0.15) is 0 Å². The summed E-state index contributed by atoms with van der Waals surface area (Å²) < 4.78 is 2.07. The van der Waals surface area contributed by atoms with Crippen LogP contribution in [-0.4, -0.2) is 9.78 Å². The molecule has 4 aromatic rings. The quantitative estimate of drug-likeness (QED) is 0.338. The highest BCUT2D eigenvalue weighted by molar-refractivity contribution is 5.70. The van der Waals surface area contributed by atoms with E-state index in [4.69, 9.17) is 5.10 Å². The maximum absolute atomic E-state index is 5.01. The fourth-order valence-corrected chi connectivity index (χ4v) is 3.78. The monoisotopic (exact) mass is 408 g/mol. The molecule has 0 aliphatic heterocycles. The molecule has 0 N–H and O–H groups in total. The second-order valence-corrected chi connectivity index (χ2v) is 10.3. The Morgan fingerprint density at radius 2 is 1.10 bits per heavy atom. The van der Waals surface area contributed by atoms with Gasteiger partial charge >= 0.3 is 0 Å². The first-order chi connectivity index (χ1) is 14.6. The van der Waals surface area contributed by atoms with E-state index in [2.05, 4.69) is 125 Å². The van der Waals surface area contributed by atoms with Gasteiger partial charge in [0.15, 0.2) is 0 Å². The summed E-state index contributed by atoms with van der Waals surface area (Å²) in [6.45, 7) is 13.5. The van der Waals surface area contributed by atoms with Crippen molar-refractivity contribution in [3.8, 4) is 28.2 Å². The fraction of sp³-hybridized carbons (Fsp3) is 0.276. The zero-order chi connectivity index (χ0) is 22.2. The van der Waals surface area contributed by atoms with E-state index in [1.165, 1.54) is 16.7 Å². The average Bonchev–Trinajstić information content (AvgIpc) is 3.19. The van der Waals surface area contributed by atoms with E-state index in [-0.39, 0.29) is 10.8 Å². The minimum atomic E-state index is 0.128. The Balaban J connectivity index is 1.83. The third kappa shape index (κ3) is 4.49. The summed E-state index contributed by atoms with van der Waals surface area (Å²) >= 11 is 0. The second kappa shape index (κ2) is 7.85. The zero-order valence-electron chi connectivity index (χ0n) is 19.5. The summed E-state index contributed by atoms with van der Waals surface area (Å²) in [5, 5.41) is 5.01. The van der Waals surface area contributed by atoms with Crippen LogP contribution in [0.1, 0.15) is 52.7 Å². The van der Waals surface area contributed by atoms with Gasteiger partial charge in [-0.15, -0.1) is 0 Å². The van der Waals surface area contributed by atoms with E-state index in [0.29, 0.717) is 0 Å². The van der Waals surface area contributed by atoms with Crippen molar-refractivity contribution < 1.29 is 0 Å². The maximum Gasteiger partial charge on any atom is 0.0934 e. The summed E-state index contributed by atoms with van der Waals surface area (Å²) in [5.74, 6) is 0. The van der Waals surface area contributed by atoms with Crippen LogP contribution in [0.2, 0.25) is 0 Å². The average molecular weight is 409 g/mol. The van der Waals surface area contributed by atoms with Gasteiger partial charge in [-0.2, -0.15) is 5.10 Å². The highest BCUT2D eigenvalue weighted by Gasteiger charge is 2.17. The molecule has 0 bridgehead atoms. The van der Waals surface area contributed by atoms with Crippen LogP contribution in [0.25, 0.3) is 28.2 Å². The third-order valence-corrected chi connectivity index (χ3v) is 5.80. The summed E-state index contributed by atoms with van der Waals surface area (Å²) in [4.78, 5) is 0. The summed E-state index contributed by atoms with van der Waals surface area (Å²) in [6.07, 6.45) is 0. The van der Waals surface area contributed by atoms with Crippen molar-refractivity contribution in [2.75, 3.05) is 0 Å². The number of benzene rings is 3. The minimum Gasteiger partial charge on any atom is -0.232 e. The fourth-order valence-electron chi connectivity index (χ4n) is 3.78. The minimum absolute atomic E-state index is 0.128. The molecule has 4 rings (SSSR count). The van der Waals surface area contributed by atoms with Crippen molar-refractivity contribution >= 4 is 0 Å². The molecule has 0 saturated carbocycles. The molecule has 0 unspecified atom stereocenters. The smallest absolute Gasteiger partial charge is 0.0934 e. The second-order valence-electron chi connectivity index (χ2n) is 10.3. The van der Waals surface area contributed by atoms with Crippen molar-refractivity contribution in [2.45, 2.75) is 52.4 Å². The van der Waals surface area contributed by atoms with Gasteiger partial charge in [-0.25, -0.2) is 4.68 Å². The van der Waals surface area contributed by atoms with E-state index in [1.54, 1.807) is 0 Å². The Hall–Kier alpha value is -3.13. The number of rotatable bonds is 3. The molecule has 1 aromatic heterocycles. The van der Waals surface area contributed by atoms with Crippen molar-refractivity contribution in [1.29, 1.82) is 0 Å².